The molecule has 1 unspecified atom stereocenters. The molecule has 2 heterocycles. The Labute approximate surface area is 86.2 Å². The van der Waals surface area contributed by atoms with Gasteiger partial charge in [0, 0.05) is 32.2 Å². The van der Waals surface area contributed by atoms with E-state index < -0.39 is 0 Å². The van der Waals surface area contributed by atoms with Gasteiger partial charge in [-0.15, -0.1) is 0 Å². The third-order valence-electron chi connectivity index (χ3n) is 3.26. The summed E-state index contributed by atoms with van der Waals surface area (Å²) in [5, 5.41) is 3.55. The van der Waals surface area contributed by atoms with Gasteiger partial charge in [0.2, 0.25) is 0 Å². The van der Waals surface area contributed by atoms with Gasteiger partial charge < -0.3 is 15.0 Å². The van der Waals surface area contributed by atoms with Crippen molar-refractivity contribution in [3.05, 3.63) is 0 Å². The Balaban J connectivity index is 1.71. The summed E-state index contributed by atoms with van der Waals surface area (Å²) in [6.45, 7) is 6.44. The summed E-state index contributed by atoms with van der Waals surface area (Å²) in [4.78, 5) is 4.86. The van der Waals surface area contributed by atoms with E-state index in [1.165, 1.54) is 19.6 Å². The summed E-state index contributed by atoms with van der Waals surface area (Å²) in [6, 6.07) is 1.27. The molecule has 0 spiro atoms. The average Bonchev–Trinajstić information content (AvgIpc) is 2.08. The number of rotatable bonds is 3. The van der Waals surface area contributed by atoms with Gasteiger partial charge in [0.25, 0.3) is 0 Å². The van der Waals surface area contributed by atoms with Crippen LogP contribution in [0.2, 0.25) is 0 Å². The largest absolute Gasteiger partial charge is 0.378 e. The van der Waals surface area contributed by atoms with Gasteiger partial charge in [-0.25, -0.2) is 0 Å². The van der Waals surface area contributed by atoms with Gasteiger partial charge in [-0.05, 0) is 14.1 Å². The Morgan fingerprint density at radius 2 is 2.07 bits per heavy atom. The van der Waals surface area contributed by atoms with E-state index in [-0.39, 0.29) is 0 Å². The molecule has 2 aliphatic rings. The fourth-order valence-electron chi connectivity index (χ4n) is 1.98. The second-order valence-corrected chi connectivity index (χ2v) is 4.54. The number of likely N-dealkylation sites (N-methyl/N-ethyl adjacent to an activating group) is 2. The van der Waals surface area contributed by atoms with Crippen molar-refractivity contribution >= 4 is 0 Å². The van der Waals surface area contributed by atoms with Crippen LogP contribution in [0.15, 0.2) is 0 Å². The van der Waals surface area contributed by atoms with E-state index >= 15 is 0 Å². The van der Waals surface area contributed by atoms with Crippen LogP contribution in [0.5, 0.6) is 0 Å². The molecule has 0 radical (unpaired) electrons. The Hall–Kier alpha value is -0.160. The minimum atomic E-state index is 0.607. The lowest BCUT2D eigenvalue weighted by Gasteiger charge is -2.39. The molecule has 1 N–H and O–H groups in total. The number of piperazine rings is 1. The highest BCUT2D eigenvalue weighted by Gasteiger charge is 2.24. The zero-order valence-electron chi connectivity index (χ0n) is 9.20. The second kappa shape index (κ2) is 4.57. The summed E-state index contributed by atoms with van der Waals surface area (Å²) in [5.74, 6) is 0. The normalized spacial score (nSPS) is 31.7. The van der Waals surface area contributed by atoms with E-state index in [2.05, 4.69) is 29.2 Å². The van der Waals surface area contributed by atoms with Gasteiger partial charge in [0.05, 0.1) is 19.3 Å². The van der Waals surface area contributed by atoms with Crippen LogP contribution in [-0.4, -0.2) is 75.4 Å². The van der Waals surface area contributed by atoms with Crippen LogP contribution in [0.1, 0.15) is 0 Å². The molecule has 2 saturated heterocycles. The van der Waals surface area contributed by atoms with Crippen molar-refractivity contribution in [1.82, 2.24) is 15.1 Å². The van der Waals surface area contributed by atoms with Crippen molar-refractivity contribution in [2.45, 2.75) is 12.1 Å². The number of hydrogen-bond donors (Lipinski definition) is 1. The maximum Gasteiger partial charge on any atom is 0.0643 e. The molecule has 0 aliphatic carbocycles. The van der Waals surface area contributed by atoms with Crippen LogP contribution < -0.4 is 5.32 Å². The number of nitrogens with one attached hydrogen (secondary N) is 1. The maximum atomic E-state index is 5.14. The van der Waals surface area contributed by atoms with Crippen LogP contribution in [0, 0.1) is 0 Å². The van der Waals surface area contributed by atoms with E-state index in [4.69, 9.17) is 4.74 Å². The lowest BCUT2D eigenvalue weighted by Crippen LogP contribution is -2.57. The van der Waals surface area contributed by atoms with E-state index in [0.29, 0.717) is 12.1 Å². The molecule has 0 aromatic heterocycles. The van der Waals surface area contributed by atoms with E-state index in [9.17, 15) is 0 Å². The van der Waals surface area contributed by atoms with Gasteiger partial charge in [-0.3, -0.25) is 4.90 Å². The van der Waals surface area contributed by atoms with Crippen molar-refractivity contribution in [3.8, 4) is 0 Å². The smallest absolute Gasteiger partial charge is 0.0643 e. The molecule has 4 heteroatoms. The van der Waals surface area contributed by atoms with Gasteiger partial charge >= 0.3 is 0 Å². The zero-order valence-corrected chi connectivity index (χ0v) is 9.20. The van der Waals surface area contributed by atoms with E-state index in [1.807, 2.05) is 0 Å². The van der Waals surface area contributed by atoms with Crippen LogP contribution in [0.3, 0.4) is 0 Å². The molecule has 2 rings (SSSR count). The first-order valence-corrected chi connectivity index (χ1v) is 5.45. The van der Waals surface area contributed by atoms with E-state index in [1.54, 1.807) is 0 Å². The van der Waals surface area contributed by atoms with Crippen molar-refractivity contribution in [3.63, 3.8) is 0 Å². The van der Waals surface area contributed by atoms with E-state index in [0.717, 1.165) is 19.8 Å². The lowest BCUT2D eigenvalue weighted by molar-refractivity contribution is -0.00970. The summed E-state index contributed by atoms with van der Waals surface area (Å²) >= 11 is 0. The molecule has 0 aromatic rings. The number of ether oxygens (including phenoxy) is 1. The fourth-order valence-corrected chi connectivity index (χ4v) is 1.98. The van der Waals surface area contributed by atoms with Crippen molar-refractivity contribution in [2.24, 2.45) is 0 Å². The second-order valence-electron chi connectivity index (χ2n) is 4.54. The predicted molar refractivity (Wildman–Crippen MR) is 56.5 cm³/mol. The molecular formula is C10H21N3O. The summed E-state index contributed by atoms with van der Waals surface area (Å²) in [5.41, 5.74) is 0. The Kier molecular flexibility index (Phi) is 3.38. The van der Waals surface area contributed by atoms with Gasteiger partial charge in [0.1, 0.15) is 0 Å². The Morgan fingerprint density at radius 3 is 2.71 bits per heavy atom. The molecular weight excluding hydrogens is 178 g/mol. The summed E-state index contributed by atoms with van der Waals surface area (Å²) in [6.07, 6.45) is 0. The van der Waals surface area contributed by atoms with Crippen molar-refractivity contribution < 1.29 is 4.74 Å². The van der Waals surface area contributed by atoms with Crippen molar-refractivity contribution in [2.75, 3.05) is 53.5 Å². The first kappa shape index (κ1) is 10.4. The van der Waals surface area contributed by atoms with Gasteiger partial charge in [-0.2, -0.15) is 0 Å². The van der Waals surface area contributed by atoms with Crippen molar-refractivity contribution in [1.29, 1.82) is 0 Å². The molecule has 0 aromatic carbocycles. The lowest BCUT2D eigenvalue weighted by atomic mass is 10.1. The Bertz CT molecular complexity index is 184. The Morgan fingerprint density at radius 1 is 1.29 bits per heavy atom. The SMILES string of the molecule is CN1CCN(C)C(CNC2COC2)C1. The molecule has 4 nitrogen and oxygen atoms in total. The highest BCUT2D eigenvalue weighted by atomic mass is 16.5. The van der Waals surface area contributed by atoms with Crippen LogP contribution in [0.25, 0.3) is 0 Å². The molecule has 14 heavy (non-hydrogen) atoms. The quantitative estimate of drug-likeness (QED) is 0.645. The highest BCUT2D eigenvalue weighted by molar-refractivity contribution is 4.83. The van der Waals surface area contributed by atoms with Gasteiger partial charge in [0.15, 0.2) is 0 Å². The zero-order chi connectivity index (χ0) is 9.97. The first-order chi connectivity index (χ1) is 6.75. The summed E-state index contributed by atoms with van der Waals surface area (Å²) < 4.78 is 5.14. The fraction of sp³-hybridized carbons (Fsp3) is 1.00. The van der Waals surface area contributed by atoms with Crippen LogP contribution in [-0.2, 0) is 4.74 Å². The minimum absolute atomic E-state index is 0.607. The maximum absolute atomic E-state index is 5.14. The standard InChI is InChI=1S/C10H21N3O/c1-12-3-4-13(2)10(6-12)5-11-9-7-14-8-9/h9-11H,3-8H2,1-2H3. The van der Waals surface area contributed by atoms with Gasteiger partial charge in [-0.1, -0.05) is 0 Å². The van der Waals surface area contributed by atoms with Crippen LogP contribution >= 0.6 is 0 Å². The molecule has 1 atom stereocenters. The molecule has 2 aliphatic heterocycles. The predicted octanol–water partition coefficient (Wildman–Crippen LogP) is -0.779. The topological polar surface area (TPSA) is 27.7 Å². The third kappa shape index (κ3) is 2.45. The minimum Gasteiger partial charge on any atom is -0.378 e. The molecule has 82 valence electrons. The molecule has 0 bridgehead atoms. The molecule has 0 saturated carbocycles. The highest BCUT2D eigenvalue weighted by Crippen LogP contribution is 2.06. The molecule has 0 amide bonds. The number of nitrogens with zero attached hydrogens (tertiary/aromatic N) is 2. The number of hydrogen-bond acceptors (Lipinski definition) is 4. The third-order valence-corrected chi connectivity index (χ3v) is 3.26. The summed E-state index contributed by atoms with van der Waals surface area (Å²) in [7, 11) is 4.42. The molecule has 2 fully saturated rings. The van der Waals surface area contributed by atoms with Crippen LogP contribution in [0.4, 0.5) is 0 Å². The average molecular weight is 199 g/mol. The monoisotopic (exact) mass is 199 g/mol. The first-order valence-electron chi connectivity index (χ1n) is 5.45.